The average molecular weight is 204 g/mol. The van der Waals surface area contributed by atoms with Crippen LogP contribution in [0.5, 0.6) is 0 Å². The van der Waals surface area contributed by atoms with E-state index < -0.39 is 0 Å². The van der Waals surface area contributed by atoms with Crippen LogP contribution in [0.2, 0.25) is 0 Å². The first-order valence-electron chi connectivity index (χ1n) is 5.25. The maximum absolute atomic E-state index is 11.8. The zero-order valence-corrected chi connectivity index (χ0v) is 9.37. The van der Waals surface area contributed by atoms with Crippen LogP contribution in [0.4, 0.5) is 10.5 Å². The smallest absolute Gasteiger partial charge is 0.318 e. The van der Waals surface area contributed by atoms with E-state index in [1.165, 1.54) is 5.56 Å². The van der Waals surface area contributed by atoms with Gasteiger partial charge in [0.25, 0.3) is 0 Å². The fraction of sp³-hybridized carbons (Fsp3) is 0.417. The third-order valence-electron chi connectivity index (χ3n) is 2.82. The van der Waals surface area contributed by atoms with Gasteiger partial charge in [-0.15, -0.1) is 0 Å². The van der Waals surface area contributed by atoms with E-state index in [-0.39, 0.29) is 12.1 Å². The molecule has 2 rings (SSSR count). The molecular weight excluding hydrogens is 188 g/mol. The summed E-state index contributed by atoms with van der Waals surface area (Å²) >= 11 is 0. The molecule has 0 spiro atoms. The van der Waals surface area contributed by atoms with Crippen LogP contribution < -0.4 is 5.32 Å². The minimum absolute atomic E-state index is 0.00630. The molecule has 0 bridgehead atoms. The number of hydrogen-bond donors (Lipinski definition) is 1. The molecule has 1 aromatic rings. The third kappa shape index (κ3) is 1.69. The number of nitrogens with one attached hydrogen (secondary N) is 1. The van der Waals surface area contributed by atoms with E-state index in [1.54, 1.807) is 0 Å². The number of anilines is 1. The Morgan fingerprint density at radius 1 is 1.40 bits per heavy atom. The highest BCUT2D eigenvalue weighted by molar-refractivity contribution is 5.93. The average Bonchev–Trinajstić information content (AvgIpc) is 2.18. The molecule has 15 heavy (non-hydrogen) atoms. The number of rotatable bonds is 1. The molecule has 0 aliphatic carbocycles. The first-order chi connectivity index (χ1) is 7.09. The quantitative estimate of drug-likeness (QED) is 0.749. The van der Waals surface area contributed by atoms with Crippen molar-refractivity contribution >= 4 is 11.7 Å². The lowest BCUT2D eigenvalue weighted by Crippen LogP contribution is -2.43. The van der Waals surface area contributed by atoms with Gasteiger partial charge in [0, 0.05) is 12.6 Å². The van der Waals surface area contributed by atoms with E-state index >= 15 is 0 Å². The molecule has 1 heterocycles. The summed E-state index contributed by atoms with van der Waals surface area (Å²) in [6.45, 7) is 6.78. The van der Waals surface area contributed by atoms with E-state index in [9.17, 15) is 4.79 Å². The van der Waals surface area contributed by atoms with Crippen molar-refractivity contribution in [3.05, 3.63) is 29.3 Å². The van der Waals surface area contributed by atoms with Gasteiger partial charge in [-0.25, -0.2) is 4.79 Å². The first kappa shape index (κ1) is 10.0. The summed E-state index contributed by atoms with van der Waals surface area (Å²) in [5.74, 6) is 0. The van der Waals surface area contributed by atoms with E-state index in [1.807, 2.05) is 37.8 Å². The molecular formula is C12H16N2O. The molecule has 0 saturated carbocycles. The van der Waals surface area contributed by atoms with Crippen molar-refractivity contribution in [1.29, 1.82) is 0 Å². The van der Waals surface area contributed by atoms with Gasteiger partial charge in [0.05, 0.1) is 5.69 Å². The van der Waals surface area contributed by atoms with Crippen LogP contribution in [0.15, 0.2) is 18.2 Å². The number of nitrogens with zero attached hydrogens (tertiary/aromatic N) is 1. The number of urea groups is 1. The van der Waals surface area contributed by atoms with Crippen molar-refractivity contribution in [2.24, 2.45) is 0 Å². The van der Waals surface area contributed by atoms with Crippen molar-refractivity contribution in [2.45, 2.75) is 33.4 Å². The number of amides is 2. The minimum atomic E-state index is 0.00630. The van der Waals surface area contributed by atoms with E-state index in [0.717, 1.165) is 11.3 Å². The fourth-order valence-corrected chi connectivity index (χ4v) is 1.89. The van der Waals surface area contributed by atoms with Gasteiger partial charge in [-0.3, -0.25) is 0 Å². The number of fused-ring (bicyclic) bond motifs is 1. The van der Waals surface area contributed by atoms with Crippen LogP contribution in [-0.4, -0.2) is 17.0 Å². The van der Waals surface area contributed by atoms with Crippen molar-refractivity contribution in [1.82, 2.24) is 4.90 Å². The van der Waals surface area contributed by atoms with Gasteiger partial charge in [-0.2, -0.15) is 0 Å². The predicted octanol–water partition coefficient (Wildman–Crippen LogP) is 2.75. The second kappa shape index (κ2) is 3.57. The molecule has 1 aromatic carbocycles. The Morgan fingerprint density at radius 2 is 2.13 bits per heavy atom. The molecule has 0 radical (unpaired) electrons. The molecule has 0 unspecified atom stereocenters. The van der Waals surface area contributed by atoms with E-state index in [0.29, 0.717) is 6.54 Å². The topological polar surface area (TPSA) is 32.3 Å². The van der Waals surface area contributed by atoms with Crippen LogP contribution in [0.25, 0.3) is 0 Å². The first-order valence-corrected chi connectivity index (χ1v) is 5.25. The van der Waals surface area contributed by atoms with Crippen LogP contribution in [0.1, 0.15) is 25.0 Å². The second-order valence-electron chi connectivity index (χ2n) is 4.26. The predicted molar refractivity (Wildman–Crippen MR) is 60.9 cm³/mol. The number of para-hydroxylation sites is 1. The van der Waals surface area contributed by atoms with Crippen molar-refractivity contribution in [3.63, 3.8) is 0 Å². The standard InChI is InChI=1S/C12H16N2O/c1-8(2)14-7-10-6-4-5-9(3)11(10)13-12(14)15/h4-6,8H,7H2,1-3H3,(H,13,15). The second-order valence-corrected chi connectivity index (χ2v) is 4.26. The largest absolute Gasteiger partial charge is 0.322 e. The highest BCUT2D eigenvalue weighted by Gasteiger charge is 2.24. The van der Waals surface area contributed by atoms with Gasteiger partial charge < -0.3 is 10.2 Å². The van der Waals surface area contributed by atoms with Crippen LogP contribution >= 0.6 is 0 Å². The van der Waals surface area contributed by atoms with Crippen molar-refractivity contribution < 1.29 is 4.79 Å². The Bertz CT molecular complexity index is 399. The number of benzene rings is 1. The fourth-order valence-electron chi connectivity index (χ4n) is 1.89. The maximum atomic E-state index is 11.8. The van der Waals surface area contributed by atoms with Gasteiger partial charge in [-0.05, 0) is 31.9 Å². The molecule has 1 aliphatic heterocycles. The summed E-state index contributed by atoms with van der Waals surface area (Å²) < 4.78 is 0. The number of aryl methyl sites for hydroxylation is 1. The maximum Gasteiger partial charge on any atom is 0.322 e. The monoisotopic (exact) mass is 204 g/mol. The highest BCUT2D eigenvalue weighted by atomic mass is 16.2. The number of hydrogen-bond acceptors (Lipinski definition) is 1. The molecule has 0 fully saturated rings. The number of carbonyl (C=O) groups excluding carboxylic acids is 1. The molecule has 3 nitrogen and oxygen atoms in total. The third-order valence-corrected chi connectivity index (χ3v) is 2.82. The molecule has 2 amide bonds. The summed E-state index contributed by atoms with van der Waals surface area (Å²) in [6, 6.07) is 6.36. The zero-order valence-electron chi connectivity index (χ0n) is 9.37. The molecule has 0 atom stereocenters. The van der Waals surface area contributed by atoms with Crippen molar-refractivity contribution in [3.8, 4) is 0 Å². The Morgan fingerprint density at radius 3 is 2.80 bits per heavy atom. The highest BCUT2D eigenvalue weighted by Crippen LogP contribution is 2.27. The summed E-state index contributed by atoms with van der Waals surface area (Å²) in [5.41, 5.74) is 3.31. The molecule has 80 valence electrons. The van der Waals surface area contributed by atoms with E-state index in [4.69, 9.17) is 0 Å². The molecule has 0 saturated heterocycles. The Hall–Kier alpha value is -1.51. The minimum Gasteiger partial charge on any atom is -0.318 e. The normalized spacial score (nSPS) is 15.2. The SMILES string of the molecule is Cc1cccc2c1NC(=O)N(C(C)C)C2. The van der Waals surface area contributed by atoms with Gasteiger partial charge in [-0.1, -0.05) is 18.2 Å². The Kier molecular flexibility index (Phi) is 2.39. The molecule has 1 N–H and O–H groups in total. The summed E-state index contributed by atoms with van der Waals surface area (Å²) in [5, 5.41) is 2.95. The summed E-state index contributed by atoms with van der Waals surface area (Å²) in [7, 11) is 0. The molecule has 1 aliphatic rings. The van der Waals surface area contributed by atoms with Gasteiger partial charge in [0.15, 0.2) is 0 Å². The van der Waals surface area contributed by atoms with E-state index in [2.05, 4.69) is 11.4 Å². The van der Waals surface area contributed by atoms with Crippen molar-refractivity contribution in [2.75, 3.05) is 5.32 Å². The van der Waals surface area contributed by atoms with Crippen LogP contribution in [-0.2, 0) is 6.54 Å². The lowest BCUT2D eigenvalue weighted by molar-refractivity contribution is 0.191. The number of carbonyl (C=O) groups is 1. The molecule has 0 aromatic heterocycles. The van der Waals surface area contributed by atoms with Crippen LogP contribution in [0.3, 0.4) is 0 Å². The van der Waals surface area contributed by atoms with Crippen LogP contribution in [0, 0.1) is 6.92 Å². The van der Waals surface area contributed by atoms with Gasteiger partial charge in [0.2, 0.25) is 0 Å². The Balaban J connectivity index is 2.38. The Labute approximate surface area is 90.1 Å². The summed E-state index contributed by atoms with van der Waals surface area (Å²) in [4.78, 5) is 13.6. The lowest BCUT2D eigenvalue weighted by Gasteiger charge is -2.33. The van der Waals surface area contributed by atoms with Gasteiger partial charge >= 0.3 is 6.03 Å². The zero-order chi connectivity index (χ0) is 11.0. The van der Waals surface area contributed by atoms with Gasteiger partial charge in [0.1, 0.15) is 0 Å². The summed E-state index contributed by atoms with van der Waals surface area (Å²) in [6.07, 6.45) is 0. The molecule has 3 heteroatoms. The lowest BCUT2D eigenvalue weighted by atomic mass is 10.1.